The molecule has 1 unspecified atom stereocenters. The van der Waals surface area contributed by atoms with Crippen LogP contribution in [0.4, 0.5) is 0 Å². The Morgan fingerprint density at radius 2 is 1.64 bits per heavy atom. The SMILES string of the molecule is CCCCCCCC(=O)SCCC(CCC)[Si](C)(C)OC(C)(C)CC. The standard InChI is InChI=1S/C21H44O2SSi/c1-8-11-12-13-14-16-20(22)24-18-17-19(15-9-2)25(6,7)23-21(4,5)10-3/h19H,8-18H2,1-7H3. The monoisotopic (exact) mass is 388 g/mol. The summed E-state index contributed by atoms with van der Waals surface area (Å²) in [6.07, 6.45) is 11.5. The Morgan fingerprint density at radius 3 is 2.20 bits per heavy atom. The van der Waals surface area contributed by atoms with Crippen LogP contribution in [0.15, 0.2) is 0 Å². The van der Waals surface area contributed by atoms with E-state index >= 15 is 0 Å². The van der Waals surface area contributed by atoms with Gasteiger partial charge in [0.1, 0.15) is 0 Å². The molecule has 0 spiro atoms. The zero-order chi connectivity index (χ0) is 19.3. The summed E-state index contributed by atoms with van der Waals surface area (Å²) < 4.78 is 6.59. The molecule has 2 nitrogen and oxygen atoms in total. The maximum atomic E-state index is 12.1. The number of hydrogen-bond donors (Lipinski definition) is 0. The lowest BCUT2D eigenvalue weighted by atomic mass is 10.1. The van der Waals surface area contributed by atoms with Crippen molar-refractivity contribution >= 4 is 25.2 Å². The molecule has 0 saturated carbocycles. The molecule has 0 aromatic heterocycles. The van der Waals surface area contributed by atoms with E-state index in [1.165, 1.54) is 38.5 Å². The van der Waals surface area contributed by atoms with Crippen molar-refractivity contribution < 1.29 is 9.22 Å². The lowest BCUT2D eigenvalue weighted by Gasteiger charge is -2.39. The van der Waals surface area contributed by atoms with Crippen molar-refractivity contribution in [2.24, 2.45) is 0 Å². The van der Waals surface area contributed by atoms with Gasteiger partial charge in [0.05, 0.1) is 5.60 Å². The minimum Gasteiger partial charge on any atom is -0.412 e. The van der Waals surface area contributed by atoms with E-state index in [1.54, 1.807) is 11.8 Å². The van der Waals surface area contributed by atoms with Crippen LogP contribution in [-0.2, 0) is 9.22 Å². The van der Waals surface area contributed by atoms with Crippen molar-refractivity contribution in [3.63, 3.8) is 0 Å². The second-order valence-electron chi connectivity index (χ2n) is 8.48. The molecule has 0 aliphatic rings. The largest absolute Gasteiger partial charge is 0.412 e. The predicted molar refractivity (Wildman–Crippen MR) is 117 cm³/mol. The van der Waals surface area contributed by atoms with Crippen LogP contribution in [-0.4, -0.2) is 24.8 Å². The molecule has 0 rings (SSSR count). The second kappa shape index (κ2) is 13.4. The van der Waals surface area contributed by atoms with Gasteiger partial charge in [0.15, 0.2) is 13.4 Å². The zero-order valence-corrected chi connectivity index (χ0v) is 19.9. The third kappa shape index (κ3) is 12.2. The molecule has 4 heteroatoms. The molecular formula is C21H44O2SSi. The molecule has 0 amide bonds. The van der Waals surface area contributed by atoms with Crippen molar-refractivity contribution in [3.8, 4) is 0 Å². The molecule has 0 aromatic rings. The molecule has 0 aliphatic heterocycles. The number of unbranched alkanes of at least 4 members (excludes halogenated alkanes) is 4. The summed E-state index contributed by atoms with van der Waals surface area (Å²) in [5, 5.41) is 0.390. The van der Waals surface area contributed by atoms with Crippen molar-refractivity contribution in [2.75, 3.05) is 5.75 Å². The van der Waals surface area contributed by atoms with Gasteiger partial charge >= 0.3 is 0 Å². The van der Waals surface area contributed by atoms with Crippen LogP contribution in [0.2, 0.25) is 18.6 Å². The summed E-state index contributed by atoms with van der Waals surface area (Å²) in [5.74, 6) is 0.963. The summed E-state index contributed by atoms with van der Waals surface area (Å²) >= 11 is 1.56. The first-order valence-electron chi connectivity index (χ1n) is 10.5. The Hall–Kier alpha value is 0.197. The Morgan fingerprint density at radius 1 is 1.00 bits per heavy atom. The summed E-state index contributed by atoms with van der Waals surface area (Å²) in [4.78, 5) is 12.1. The van der Waals surface area contributed by atoms with Gasteiger partial charge in [0.2, 0.25) is 0 Å². The van der Waals surface area contributed by atoms with Gasteiger partial charge in [0, 0.05) is 12.2 Å². The zero-order valence-electron chi connectivity index (χ0n) is 18.1. The maximum Gasteiger partial charge on any atom is 0.190 e. The Bertz CT molecular complexity index is 356. The summed E-state index contributed by atoms with van der Waals surface area (Å²) in [5.41, 5.74) is 0.622. The molecule has 150 valence electrons. The van der Waals surface area contributed by atoms with E-state index in [4.69, 9.17) is 4.43 Å². The van der Waals surface area contributed by atoms with E-state index in [-0.39, 0.29) is 5.60 Å². The van der Waals surface area contributed by atoms with E-state index in [0.717, 1.165) is 31.4 Å². The van der Waals surface area contributed by atoms with Crippen molar-refractivity contribution in [1.29, 1.82) is 0 Å². The fraction of sp³-hybridized carbons (Fsp3) is 0.952. The first-order valence-corrected chi connectivity index (χ1v) is 14.5. The smallest absolute Gasteiger partial charge is 0.190 e. The van der Waals surface area contributed by atoms with E-state index in [1.807, 2.05) is 0 Å². The Balaban J connectivity index is 4.28. The van der Waals surface area contributed by atoms with Gasteiger partial charge in [-0.25, -0.2) is 0 Å². The minimum atomic E-state index is -1.75. The van der Waals surface area contributed by atoms with Crippen molar-refractivity contribution in [3.05, 3.63) is 0 Å². The number of hydrogen-bond acceptors (Lipinski definition) is 3. The average molecular weight is 389 g/mol. The predicted octanol–water partition coefficient (Wildman–Crippen LogP) is 7.58. The minimum absolute atomic E-state index is 0.0246. The van der Waals surface area contributed by atoms with E-state index < -0.39 is 8.32 Å². The number of carbonyl (C=O) groups excluding carboxylic acids is 1. The van der Waals surface area contributed by atoms with Gasteiger partial charge in [0.25, 0.3) is 0 Å². The van der Waals surface area contributed by atoms with Crippen LogP contribution in [0.25, 0.3) is 0 Å². The number of rotatable bonds is 15. The fourth-order valence-electron chi connectivity index (χ4n) is 3.32. The van der Waals surface area contributed by atoms with Crippen LogP contribution in [0.5, 0.6) is 0 Å². The highest BCUT2D eigenvalue weighted by Crippen LogP contribution is 2.36. The topological polar surface area (TPSA) is 26.3 Å². The molecule has 1 atom stereocenters. The third-order valence-corrected chi connectivity index (χ3v) is 9.81. The molecule has 0 N–H and O–H groups in total. The molecule has 0 aliphatic carbocycles. The molecular weight excluding hydrogens is 344 g/mol. The van der Waals surface area contributed by atoms with Crippen LogP contribution in [0.3, 0.4) is 0 Å². The van der Waals surface area contributed by atoms with Crippen LogP contribution < -0.4 is 0 Å². The second-order valence-corrected chi connectivity index (χ2v) is 13.9. The van der Waals surface area contributed by atoms with Crippen LogP contribution in [0, 0.1) is 0 Å². The highest BCUT2D eigenvalue weighted by Gasteiger charge is 2.37. The molecule has 0 saturated heterocycles. The first kappa shape index (κ1) is 25.2. The lowest BCUT2D eigenvalue weighted by molar-refractivity contribution is -0.111. The van der Waals surface area contributed by atoms with Gasteiger partial charge in [-0.15, -0.1) is 0 Å². The normalized spacial score (nSPS) is 13.9. The molecule has 0 fully saturated rings. The molecule has 0 radical (unpaired) electrons. The van der Waals surface area contributed by atoms with Gasteiger partial charge in [-0.3, -0.25) is 4.79 Å². The molecule has 0 heterocycles. The number of carbonyl (C=O) groups is 1. The van der Waals surface area contributed by atoms with E-state index in [2.05, 4.69) is 47.7 Å². The van der Waals surface area contributed by atoms with Crippen molar-refractivity contribution in [2.45, 2.75) is 123 Å². The van der Waals surface area contributed by atoms with E-state index in [0.29, 0.717) is 10.7 Å². The first-order chi connectivity index (χ1) is 11.7. The van der Waals surface area contributed by atoms with Gasteiger partial charge in [-0.2, -0.15) is 0 Å². The third-order valence-electron chi connectivity index (χ3n) is 5.22. The summed E-state index contributed by atoms with van der Waals surface area (Å²) in [6, 6.07) is 0. The number of thioether (sulfide) groups is 1. The van der Waals surface area contributed by atoms with E-state index in [9.17, 15) is 4.79 Å². The van der Waals surface area contributed by atoms with Gasteiger partial charge < -0.3 is 4.43 Å². The van der Waals surface area contributed by atoms with Gasteiger partial charge in [-0.05, 0) is 51.7 Å². The maximum absolute atomic E-state index is 12.1. The quantitative estimate of drug-likeness (QED) is 0.214. The summed E-state index contributed by atoms with van der Waals surface area (Å²) in [6.45, 7) is 15.8. The Labute approximate surface area is 163 Å². The molecule has 0 bridgehead atoms. The van der Waals surface area contributed by atoms with Crippen LogP contribution in [0.1, 0.15) is 98.8 Å². The lowest BCUT2D eigenvalue weighted by Crippen LogP contribution is -2.44. The highest BCUT2D eigenvalue weighted by atomic mass is 32.2. The fourth-order valence-corrected chi connectivity index (χ4v) is 8.00. The van der Waals surface area contributed by atoms with Crippen molar-refractivity contribution in [1.82, 2.24) is 0 Å². The average Bonchev–Trinajstić information content (AvgIpc) is 2.53. The molecule has 25 heavy (non-hydrogen) atoms. The Kier molecular flexibility index (Phi) is 13.5. The summed E-state index contributed by atoms with van der Waals surface area (Å²) in [7, 11) is -1.75. The van der Waals surface area contributed by atoms with Gasteiger partial charge in [-0.1, -0.05) is 71.1 Å². The highest BCUT2D eigenvalue weighted by molar-refractivity contribution is 8.13. The van der Waals surface area contributed by atoms with Crippen LogP contribution >= 0.6 is 11.8 Å². The molecule has 0 aromatic carbocycles.